The van der Waals surface area contributed by atoms with Crippen LogP contribution in [0.3, 0.4) is 0 Å². The van der Waals surface area contributed by atoms with Crippen molar-refractivity contribution < 1.29 is 14.7 Å². The number of hydrogen-bond acceptors (Lipinski definition) is 3. The van der Waals surface area contributed by atoms with Gasteiger partial charge in [0.1, 0.15) is 0 Å². The fourth-order valence-electron chi connectivity index (χ4n) is 2.22. The van der Waals surface area contributed by atoms with E-state index in [0.717, 1.165) is 12.0 Å². The molecule has 5 nitrogen and oxygen atoms in total. The van der Waals surface area contributed by atoms with Crippen LogP contribution in [0.15, 0.2) is 24.3 Å². The lowest BCUT2D eigenvalue weighted by Gasteiger charge is -2.18. The highest BCUT2D eigenvalue weighted by atomic mass is 16.4. The maximum Gasteiger partial charge on any atom is 0.303 e. The second-order valence-corrected chi connectivity index (χ2v) is 5.60. The van der Waals surface area contributed by atoms with Crippen molar-refractivity contribution in [2.24, 2.45) is 17.6 Å². The van der Waals surface area contributed by atoms with E-state index in [0.29, 0.717) is 24.6 Å². The number of anilines is 1. The van der Waals surface area contributed by atoms with Crippen molar-refractivity contribution in [3.05, 3.63) is 29.8 Å². The highest BCUT2D eigenvalue weighted by molar-refractivity contribution is 5.93. The minimum Gasteiger partial charge on any atom is -0.481 e. The first kappa shape index (κ1) is 17.2. The van der Waals surface area contributed by atoms with Crippen molar-refractivity contribution in [2.45, 2.75) is 33.1 Å². The Kier molecular flexibility index (Phi) is 6.88. The van der Waals surface area contributed by atoms with E-state index in [1.54, 1.807) is 6.07 Å². The van der Waals surface area contributed by atoms with Crippen LogP contribution in [0.2, 0.25) is 0 Å². The average molecular weight is 292 g/mol. The van der Waals surface area contributed by atoms with Gasteiger partial charge in [-0.05, 0) is 30.4 Å². The Morgan fingerprint density at radius 1 is 1.29 bits per heavy atom. The molecule has 5 heteroatoms. The summed E-state index contributed by atoms with van der Waals surface area (Å²) in [5.74, 6) is -0.783. The molecule has 1 rings (SSSR count). The molecule has 1 aromatic rings. The third-order valence-corrected chi connectivity index (χ3v) is 3.29. The molecule has 1 amide bonds. The number of carboxylic acids is 1. The summed E-state index contributed by atoms with van der Waals surface area (Å²) < 4.78 is 0. The van der Waals surface area contributed by atoms with Gasteiger partial charge < -0.3 is 16.2 Å². The standard InChI is InChI=1S/C16H24N2O3/c1-11(2)9-13(10-17)16(21)18-14-6-4-3-5-12(14)7-8-15(19)20/h3-6,11,13H,7-10,17H2,1-2H3,(H,18,21)(H,19,20). The van der Waals surface area contributed by atoms with Crippen LogP contribution in [0.25, 0.3) is 0 Å². The molecule has 0 aliphatic rings. The van der Waals surface area contributed by atoms with E-state index < -0.39 is 5.97 Å². The number of benzene rings is 1. The lowest BCUT2D eigenvalue weighted by Crippen LogP contribution is -2.30. The van der Waals surface area contributed by atoms with Crippen molar-refractivity contribution in [1.82, 2.24) is 0 Å². The van der Waals surface area contributed by atoms with Crippen molar-refractivity contribution in [1.29, 1.82) is 0 Å². The lowest BCUT2D eigenvalue weighted by molar-refractivity contribution is -0.137. The molecule has 1 unspecified atom stereocenters. The number of rotatable bonds is 8. The van der Waals surface area contributed by atoms with Crippen LogP contribution >= 0.6 is 0 Å². The number of aryl methyl sites for hydroxylation is 1. The molecule has 4 N–H and O–H groups in total. The van der Waals surface area contributed by atoms with Gasteiger partial charge in [-0.15, -0.1) is 0 Å². The summed E-state index contributed by atoms with van der Waals surface area (Å²) in [5, 5.41) is 11.6. The normalized spacial score (nSPS) is 12.2. The summed E-state index contributed by atoms with van der Waals surface area (Å²) in [6, 6.07) is 7.28. The monoisotopic (exact) mass is 292 g/mol. The molecule has 1 aromatic carbocycles. The van der Waals surface area contributed by atoms with E-state index in [1.165, 1.54) is 0 Å². The van der Waals surface area contributed by atoms with Gasteiger partial charge in [0.25, 0.3) is 0 Å². The number of hydrogen-bond donors (Lipinski definition) is 3. The molecule has 116 valence electrons. The van der Waals surface area contributed by atoms with Crippen LogP contribution < -0.4 is 11.1 Å². The topological polar surface area (TPSA) is 92.4 Å². The summed E-state index contributed by atoms with van der Waals surface area (Å²) in [5.41, 5.74) is 7.17. The quantitative estimate of drug-likeness (QED) is 0.685. The third-order valence-electron chi connectivity index (χ3n) is 3.29. The number of nitrogens with one attached hydrogen (secondary N) is 1. The molecule has 0 aliphatic heterocycles. The number of carboxylic acid groups (broad SMARTS) is 1. The minimum atomic E-state index is -0.851. The van der Waals surface area contributed by atoms with Crippen LogP contribution in [0, 0.1) is 11.8 Å². The number of para-hydroxylation sites is 1. The molecular formula is C16H24N2O3. The van der Waals surface area contributed by atoms with Crippen LogP contribution in [-0.4, -0.2) is 23.5 Å². The molecule has 1 atom stereocenters. The van der Waals surface area contributed by atoms with E-state index in [4.69, 9.17) is 10.8 Å². The predicted octanol–water partition coefficient (Wildman–Crippen LogP) is 2.26. The largest absolute Gasteiger partial charge is 0.481 e. The Labute approximate surface area is 125 Å². The van der Waals surface area contributed by atoms with E-state index in [-0.39, 0.29) is 18.2 Å². The average Bonchev–Trinajstić information content (AvgIpc) is 2.43. The van der Waals surface area contributed by atoms with Crippen LogP contribution in [0.1, 0.15) is 32.3 Å². The second kappa shape index (κ2) is 8.42. The summed E-state index contributed by atoms with van der Waals surface area (Å²) in [6.07, 6.45) is 1.17. The van der Waals surface area contributed by atoms with Gasteiger partial charge in [-0.1, -0.05) is 32.0 Å². The Balaban J connectivity index is 2.76. The first-order chi connectivity index (χ1) is 9.93. The summed E-state index contributed by atoms with van der Waals surface area (Å²) in [6.45, 7) is 4.41. The van der Waals surface area contributed by atoms with Gasteiger partial charge in [-0.25, -0.2) is 0 Å². The number of aliphatic carboxylic acids is 1. The fourth-order valence-corrected chi connectivity index (χ4v) is 2.22. The summed E-state index contributed by atoms with van der Waals surface area (Å²) in [7, 11) is 0. The smallest absolute Gasteiger partial charge is 0.303 e. The molecule has 0 bridgehead atoms. The van der Waals surface area contributed by atoms with Gasteiger partial charge in [0.15, 0.2) is 0 Å². The van der Waals surface area contributed by atoms with Gasteiger partial charge in [0.2, 0.25) is 5.91 Å². The fraction of sp³-hybridized carbons (Fsp3) is 0.500. The SMILES string of the molecule is CC(C)CC(CN)C(=O)Nc1ccccc1CCC(=O)O. The molecule has 0 radical (unpaired) electrons. The van der Waals surface area contributed by atoms with Crippen molar-refractivity contribution in [3.8, 4) is 0 Å². The molecule has 0 fully saturated rings. The minimum absolute atomic E-state index is 0.0409. The summed E-state index contributed by atoms with van der Waals surface area (Å²) >= 11 is 0. The Bertz CT molecular complexity index is 486. The van der Waals surface area contributed by atoms with Crippen molar-refractivity contribution in [2.75, 3.05) is 11.9 Å². The van der Waals surface area contributed by atoms with Gasteiger partial charge in [-0.3, -0.25) is 9.59 Å². The first-order valence-corrected chi connectivity index (χ1v) is 7.24. The van der Waals surface area contributed by atoms with E-state index in [2.05, 4.69) is 19.2 Å². The van der Waals surface area contributed by atoms with Gasteiger partial charge in [0, 0.05) is 18.7 Å². The molecule has 0 saturated heterocycles. The number of carbonyl (C=O) groups is 2. The Morgan fingerprint density at radius 3 is 2.52 bits per heavy atom. The lowest BCUT2D eigenvalue weighted by atomic mass is 9.96. The maximum atomic E-state index is 12.3. The highest BCUT2D eigenvalue weighted by Crippen LogP contribution is 2.19. The molecule has 0 heterocycles. The number of carbonyl (C=O) groups excluding carboxylic acids is 1. The third kappa shape index (κ3) is 5.95. The zero-order chi connectivity index (χ0) is 15.8. The highest BCUT2D eigenvalue weighted by Gasteiger charge is 2.19. The van der Waals surface area contributed by atoms with Crippen LogP contribution in [-0.2, 0) is 16.0 Å². The number of amides is 1. The Morgan fingerprint density at radius 2 is 1.95 bits per heavy atom. The number of nitrogens with two attached hydrogens (primary N) is 1. The molecular weight excluding hydrogens is 268 g/mol. The summed E-state index contributed by atoms with van der Waals surface area (Å²) in [4.78, 5) is 22.9. The second-order valence-electron chi connectivity index (χ2n) is 5.60. The van der Waals surface area contributed by atoms with Gasteiger partial charge in [0.05, 0.1) is 5.92 Å². The van der Waals surface area contributed by atoms with E-state index in [9.17, 15) is 9.59 Å². The zero-order valence-corrected chi connectivity index (χ0v) is 12.6. The molecule has 0 aliphatic carbocycles. The molecule has 21 heavy (non-hydrogen) atoms. The first-order valence-electron chi connectivity index (χ1n) is 7.24. The molecule has 0 spiro atoms. The molecule has 0 aromatic heterocycles. The maximum absolute atomic E-state index is 12.3. The van der Waals surface area contributed by atoms with Gasteiger partial charge >= 0.3 is 5.97 Å². The van der Waals surface area contributed by atoms with E-state index >= 15 is 0 Å². The Hall–Kier alpha value is -1.88. The van der Waals surface area contributed by atoms with Crippen molar-refractivity contribution >= 4 is 17.6 Å². The zero-order valence-electron chi connectivity index (χ0n) is 12.6. The molecule has 0 saturated carbocycles. The van der Waals surface area contributed by atoms with Crippen molar-refractivity contribution in [3.63, 3.8) is 0 Å². The van der Waals surface area contributed by atoms with Gasteiger partial charge in [-0.2, -0.15) is 0 Å². The predicted molar refractivity (Wildman–Crippen MR) is 83.0 cm³/mol. The van der Waals surface area contributed by atoms with E-state index in [1.807, 2.05) is 18.2 Å². The van der Waals surface area contributed by atoms with Crippen LogP contribution in [0.4, 0.5) is 5.69 Å². The van der Waals surface area contributed by atoms with Crippen LogP contribution in [0.5, 0.6) is 0 Å².